The number of carboxylic acid groups (broad SMARTS) is 1. The number of anilines is 1. The van der Waals surface area contributed by atoms with Crippen molar-refractivity contribution in [2.45, 2.75) is 19.9 Å². The van der Waals surface area contributed by atoms with Crippen LogP contribution in [0.2, 0.25) is 0 Å². The van der Waals surface area contributed by atoms with Crippen molar-refractivity contribution >= 4 is 23.6 Å². The van der Waals surface area contributed by atoms with Crippen LogP contribution in [0.4, 0.5) is 10.5 Å². The summed E-state index contributed by atoms with van der Waals surface area (Å²) in [6, 6.07) is 2.76. The van der Waals surface area contributed by atoms with Crippen LogP contribution in [0, 0.1) is 6.92 Å². The third-order valence-corrected chi connectivity index (χ3v) is 2.48. The van der Waals surface area contributed by atoms with E-state index in [4.69, 9.17) is 10.8 Å². The first kappa shape index (κ1) is 14.5. The third kappa shape index (κ3) is 3.98. The number of hydrogen-bond acceptors (Lipinski definition) is 3. The predicted octanol–water partition coefficient (Wildman–Crippen LogP) is 0.689. The molecule has 0 aromatic heterocycles. The van der Waals surface area contributed by atoms with Gasteiger partial charge in [0.25, 0.3) is 0 Å². The van der Waals surface area contributed by atoms with Crippen molar-refractivity contribution in [3.8, 4) is 0 Å². The fourth-order valence-corrected chi connectivity index (χ4v) is 1.46. The van der Waals surface area contributed by atoms with E-state index in [0.717, 1.165) is 0 Å². The maximum Gasteiger partial charge on any atom is 0.335 e. The average Bonchev–Trinajstić information content (AvgIpc) is 2.30. The van der Waals surface area contributed by atoms with Gasteiger partial charge in [-0.05, 0) is 37.6 Å². The standard InChI is InChI=1S/C12H15N3O4/c1-6-5-8(11(17)18)3-4-9(6)15-10(16)7(2)14-12(13)19/h3-5,7H,1-2H3,(H,15,16)(H,17,18)(H3,13,14,19). The van der Waals surface area contributed by atoms with E-state index in [0.29, 0.717) is 11.3 Å². The van der Waals surface area contributed by atoms with Gasteiger partial charge >= 0.3 is 12.0 Å². The lowest BCUT2D eigenvalue weighted by Crippen LogP contribution is -2.44. The van der Waals surface area contributed by atoms with Crippen LogP contribution in [-0.2, 0) is 4.79 Å². The summed E-state index contributed by atoms with van der Waals surface area (Å²) < 4.78 is 0. The Bertz CT molecular complexity index is 528. The number of hydrogen-bond donors (Lipinski definition) is 4. The molecule has 1 rings (SSSR count). The summed E-state index contributed by atoms with van der Waals surface area (Å²) in [6.45, 7) is 3.16. The monoisotopic (exact) mass is 265 g/mol. The molecule has 1 aromatic rings. The molecule has 3 amide bonds. The zero-order valence-electron chi connectivity index (χ0n) is 10.6. The molecule has 7 heteroatoms. The maximum absolute atomic E-state index is 11.7. The molecule has 0 radical (unpaired) electrons. The molecule has 1 atom stereocenters. The number of urea groups is 1. The van der Waals surface area contributed by atoms with E-state index in [9.17, 15) is 14.4 Å². The summed E-state index contributed by atoms with van der Waals surface area (Å²) in [6.07, 6.45) is 0. The van der Waals surface area contributed by atoms with Gasteiger partial charge in [0.1, 0.15) is 6.04 Å². The number of carboxylic acids is 1. The molecule has 0 bridgehead atoms. The van der Waals surface area contributed by atoms with Crippen LogP contribution < -0.4 is 16.4 Å². The van der Waals surface area contributed by atoms with Crippen molar-refractivity contribution < 1.29 is 19.5 Å². The van der Waals surface area contributed by atoms with E-state index >= 15 is 0 Å². The van der Waals surface area contributed by atoms with Gasteiger partial charge in [-0.3, -0.25) is 4.79 Å². The molecule has 102 valence electrons. The Labute approximate surface area is 109 Å². The normalized spacial score (nSPS) is 11.5. The Morgan fingerprint density at radius 2 is 1.95 bits per heavy atom. The van der Waals surface area contributed by atoms with Gasteiger partial charge in [-0.15, -0.1) is 0 Å². The largest absolute Gasteiger partial charge is 0.478 e. The fourth-order valence-electron chi connectivity index (χ4n) is 1.46. The summed E-state index contributed by atoms with van der Waals surface area (Å²) >= 11 is 0. The molecule has 7 nitrogen and oxygen atoms in total. The van der Waals surface area contributed by atoms with Crippen LogP contribution in [-0.4, -0.2) is 29.1 Å². The van der Waals surface area contributed by atoms with Crippen molar-refractivity contribution in [1.82, 2.24) is 5.32 Å². The molecular weight excluding hydrogens is 250 g/mol. The number of aryl methyl sites for hydroxylation is 1. The van der Waals surface area contributed by atoms with Crippen molar-refractivity contribution in [2.24, 2.45) is 5.73 Å². The number of carbonyl (C=O) groups excluding carboxylic acids is 2. The summed E-state index contributed by atoms with van der Waals surface area (Å²) in [5, 5.41) is 13.6. The second-order valence-electron chi connectivity index (χ2n) is 4.05. The highest BCUT2D eigenvalue weighted by atomic mass is 16.4. The van der Waals surface area contributed by atoms with E-state index in [1.807, 2.05) is 0 Å². The zero-order chi connectivity index (χ0) is 14.6. The van der Waals surface area contributed by atoms with Gasteiger partial charge in [0, 0.05) is 5.69 Å². The maximum atomic E-state index is 11.7. The minimum absolute atomic E-state index is 0.138. The summed E-state index contributed by atoms with van der Waals surface area (Å²) in [5.74, 6) is -1.48. The Morgan fingerprint density at radius 3 is 2.42 bits per heavy atom. The number of nitrogens with one attached hydrogen (secondary N) is 2. The van der Waals surface area contributed by atoms with Gasteiger partial charge in [-0.1, -0.05) is 0 Å². The quantitative estimate of drug-likeness (QED) is 0.639. The topological polar surface area (TPSA) is 122 Å². The zero-order valence-corrected chi connectivity index (χ0v) is 10.6. The van der Waals surface area contributed by atoms with Gasteiger partial charge in [-0.25, -0.2) is 9.59 Å². The first-order valence-corrected chi connectivity index (χ1v) is 5.52. The molecular formula is C12H15N3O4. The fraction of sp³-hybridized carbons (Fsp3) is 0.250. The molecule has 1 unspecified atom stereocenters. The number of rotatable bonds is 4. The van der Waals surface area contributed by atoms with E-state index in [2.05, 4.69) is 10.6 Å². The minimum atomic E-state index is -1.04. The van der Waals surface area contributed by atoms with Crippen LogP contribution in [0.25, 0.3) is 0 Å². The van der Waals surface area contributed by atoms with Crippen LogP contribution >= 0.6 is 0 Å². The van der Waals surface area contributed by atoms with Crippen molar-refractivity contribution in [2.75, 3.05) is 5.32 Å². The second kappa shape index (κ2) is 5.85. The van der Waals surface area contributed by atoms with Crippen molar-refractivity contribution in [3.63, 3.8) is 0 Å². The van der Waals surface area contributed by atoms with Gasteiger partial charge in [0.15, 0.2) is 0 Å². The van der Waals surface area contributed by atoms with Crippen molar-refractivity contribution in [3.05, 3.63) is 29.3 Å². The lowest BCUT2D eigenvalue weighted by Gasteiger charge is -2.14. The molecule has 0 aliphatic heterocycles. The average molecular weight is 265 g/mol. The van der Waals surface area contributed by atoms with Crippen LogP contribution in [0.15, 0.2) is 18.2 Å². The molecule has 5 N–H and O–H groups in total. The first-order valence-electron chi connectivity index (χ1n) is 5.52. The SMILES string of the molecule is Cc1cc(C(=O)O)ccc1NC(=O)C(C)NC(N)=O. The molecule has 0 saturated heterocycles. The molecule has 0 spiro atoms. The Balaban J connectivity index is 2.80. The number of carbonyl (C=O) groups is 3. The van der Waals surface area contributed by atoms with Crippen LogP contribution in [0.3, 0.4) is 0 Å². The van der Waals surface area contributed by atoms with E-state index in [1.165, 1.54) is 25.1 Å². The lowest BCUT2D eigenvalue weighted by molar-refractivity contribution is -0.117. The van der Waals surface area contributed by atoms with E-state index in [1.54, 1.807) is 6.92 Å². The third-order valence-electron chi connectivity index (χ3n) is 2.48. The summed E-state index contributed by atoms with van der Waals surface area (Å²) in [5.41, 5.74) is 6.14. The highest BCUT2D eigenvalue weighted by Gasteiger charge is 2.15. The van der Waals surface area contributed by atoms with Crippen LogP contribution in [0.1, 0.15) is 22.8 Å². The first-order chi connectivity index (χ1) is 8.81. The minimum Gasteiger partial charge on any atom is -0.478 e. The summed E-state index contributed by atoms with van der Waals surface area (Å²) in [7, 11) is 0. The predicted molar refractivity (Wildman–Crippen MR) is 68.9 cm³/mol. The molecule has 1 aromatic carbocycles. The highest BCUT2D eigenvalue weighted by Crippen LogP contribution is 2.16. The van der Waals surface area contributed by atoms with Gasteiger partial charge < -0.3 is 21.5 Å². The summed E-state index contributed by atoms with van der Waals surface area (Å²) in [4.78, 5) is 33.1. The van der Waals surface area contributed by atoms with Crippen molar-refractivity contribution in [1.29, 1.82) is 0 Å². The highest BCUT2D eigenvalue weighted by molar-refractivity contribution is 5.97. The molecule has 0 fully saturated rings. The Hall–Kier alpha value is -2.57. The van der Waals surface area contributed by atoms with Gasteiger partial charge in [0.05, 0.1) is 5.56 Å². The van der Waals surface area contributed by atoms with E-state index < -0.39 is 23.9 Å². The lowest BCUT2D eigenvalue weighted by atomic mass is 10.1. The number of amides is 3. The van der Waals surface area contributed by atoms with Gasteiger partial charge in [-0.2, -0.15) is 0 Å². The number of primary amides is 1. The van der Waals surface area contributed by atoms with Crippen LogP contribution in [0.5, 0.6) is 0 Å². The smallest absolute Gasteiger partial charge is 0.335 e. The Morgan fingerprint density at radius 1 is 1.32 bits per heavy atom. The molecule has 0 aliphatic rings. The number of benzene rings is 1. The van der Waals surface area contributed by atoms with Gasteiger partial charge in [0.2, 0.25) is 5.91 Å². The number of aromatic carboxylic acids is 1. The van der Waals surface area contributed by atoms with E-state index in [-0.39, 0.29) is 5.56 Å². The molecule has 0 saturated carbocycles. The number of nitrogens with two attached hydrogens (primary N) is 1. The molecule has 0 heterocycles. The molecule has 19 heavy (non-hydrogen) atoms. The second-order valence-corrected chi connectivity index (χ2v) is 4.05. The Kier molecular flexibility index (Phi) is 4.46. The molecule has 0 aliphatic carbocycles.